The smallest absolute Gasteiger partial charge is 0.167 e. The molecular formula is C12H5F4. The number of rotatable bonds is 1. The van der Waals surface area contributed by atoms with E-state index in [1.807, 2.05) is 6.07 Å². The summed E-state index contributed by atoms with van der Waals surface area (Å²) in [6.07, 6.45) is 0. The Labute approximate surface area is 89.2 Å². The summed E-state index contributed by atoms with van der Waals surface area (Å²) in [5.74, 6) is -4.00. The van der Waals surface area contributed by atoms with Gasteiger partial charge < -0.3 is 0 Å². The fourth-order valence-corrected chi connectivity index (χ4v) is 1.36. The van der Waals surface area contributed by atoms with Crippen molar-refractivity contribution in [1.29, 1.82) is 0 Å². The maximum Gasteiger partial charge on any atom is 0.167 e. The Kier molecular flexibility index (Phi) is 2.64. The lowest BCUT2D eigenvalue weighted by molar-refractivity contribution is 0.508. The molecule has 0 saturated heterocycles. The highest BCUT2D eigenvalue weighted by atomic mass is 19.2. The predicted molar refractivity (Wildman–Crippen MR) is 50.5 cm³/mol. The number of hydrogen-bond acceptors (Lipinski definition) is 0. The Balaban J connectivity index is 2.67. The molecule has 0 unspecified atom stereocenters. The Morgan fingerprint density at radius 2 is 1.62 bits per heavy atom. The van der Waals surface area contributed by atoms with Gasteiger partial charge >= 0.3 is 0 Å². The molecule has 0 nitrogen and oxygen atoms in total. The van der Waals surface area contributed by atoms with Crippen LogP contribution in [-0.2, 0) is 0 Å². The zero-order valence-corrected chi connectivity index (χ0v) is 7.90. The van der Waals surface area contributed by atoms with Gasteiger partial charge in [-0.25, -0.2) is 17.6 Å². The van der Waals surface area contributed by atoms with Crippen LogP contribution in [0.25, 0.3) is 11.1 Å². The van der Waals surface area contributed by atoms with Gasteiger partial charge in [-0.15, -0.1) is 0 Å². The van der Waals surface area contributed by atoms with Crippen LogP contribution in [0.4, 0.5) is 17.6 Å². The molecule has 2 rings (SSSR count). The lowest BCUT2D eigenvalue weighted by Crippen LogP contribution is -1.93. The highest BCUT2D eigenvalue weighted by molar-refractivity contribution is 5.64. The van der Waals surface area contributed by atoms with Crippen molar-refractivity contribution >= 4 is 0 Å². The van der Waals surface area contributed by atoms with E-state index >= 15 is 0 Å². The van der Waals surface area contributed by atoms with Gasteiger partial charge in [0, 0.05) is 17.2 Å². The highest BCUT2D eigenvalue weighted by Crippen LogP contribution is 2.27. The average Bonchev–Trinajstić information content (AvgIpc) is 2.26. The molecule has 0 aliphatic rings. The van der Waals surface area contributed by atoms with Gasteiger partial charge in [-0.05, 0) is 18.2 Å². The topological polar surface area (TPSA) is 0 Å². The van der Waals surface area contributed by atoms with E-state index in [0.717, 1.165) is 30.3 Å². The van der Waals surface area contributed by atoms with Crippen molar-refractivity contribution in [3.8, 4) is 11.1 Å². The van der Waals surface area contributed by atoms with Gasteiger partial charge in [-0.1, -0.05) is 12.1 Å². The zero-order chi connectivity index (χ0) is 11.7. The minimum absolute atomic E-state index is 0.314. The van der Waals surface area contributed by atoms with E-state index in [9.17, 15) is 17.6 Å². The fourth-order valence-electron chi connectivity index (χ4n) is 1.36. The van der Waals surface area contributed by atoms with Crippen LogP contribution in [0.5, 0.6) is 0 Å². The molecule has 0 aliphatic heterocycles. The first-order chi connectivity index (χ1) is 7.59. The Bertz CT molecular complexity index is 535. The summed E-state index contributed by atoms with van der Waals surface area (Å²) >= 11 is 0. The van der Waals surface area contributed by atoms with Crippen LogP contribution >= 0.6 is 0 Å². The van der Waals surface area contributed by atoms with Crippen LogP contribution in [0.2, 0.25) is 0 Å². The maximum absolute atomic E-state index is 13.3. The minimum atomic E-state index is -1.24. The largest absolute Gasteiger partial charge is 0.207 e. The van der Waals surface area contributed by atoms with Crippen molar-refractivity contribution in [2.24, 2.45) is 0 Å². The second-order valence-electron chi connectivity index (χ2n) is 3.14. The van der Waals surface area contributed by atoms with Crippen LogP contribution in [0, 0.1) is 29.3 Å². The van der Waals surface area contributed by atoms with Crippen molar-refractivity contribution in [2.45, 2.75) is 0 Å². The minimum Gasteiger partial charge on any atom is -0.207 e. The van der Waals surface area contributed by atoms with Crippen LogP contribution < -0.4 is 0 Å². The summed E-state index contributed by atoms with van der Waals surface area (Å²) in [6.45, 7) is 0. The standard InChI is InChI=1S/C12H5F4/c13-7-4-5-10(14)9(6-7)8-2-1-3-11(15)12(8)16/h1-2,4-6H. The van der Waals surface area contributed by atoms with Gasteiger partial charge in [-0.3, -0.25) is 0 Å². The summed E-state index contributed by atoms with van der Waals surface area (Å²) in [4.78, 5) is 0. The lowest BCUT2D eigenvalue weighted by Gasteiger charge is -2.05. The van der Waals surface area contributed by atoms with E-state index in [0.29, 0.717) is 0 Å². The molecular weight excluding hydrogens is 220 g/mol. The van der Waals surface area contributed by atoms with Gasteiger partial charge in [0.2, 0.25) is 0 Å². The summed E-state index contributed by atoms with van der Waals surface area (Å²) in [5, 5.41) is 0. The summed E-state index contributed by atoms with van der Waals surface area (Å²) in [6, 6.07) is 6.81. The van der Waals surface area contributed by atoms with Crippen molar-refractivity contribution in [3.63, 3.8) is 0 Å². The molecule has 0 spiro atoms. The molecule has 0 fully saturated rings. The average molecular weight is 225 g/mol. The van der Waals surface area contributed by atoms with Crippen molar-refractivity contribution in [3.05, 3.63) is 59.7 Å². The third kappa shape index (κ3) is 1.78. The summed E-state index contributed by atoms with van der Waals surface area (Å²) < 4.78 is 52.3. The molecule has 2 aromatic carbocycles. The molecule has 0 bridgehead atoms. The van der Waals surface area contributed by atoms with E-state index < -0.39 is 23.3 Å². The van der Waals surface area contributed by atoms with Crippen molar-refractivity contribution in [1.82, 2.24) is 0 Å². The monoisotopic (exact) mass is 225 g/mol. The van der Waals surface area contributed by atoms with Crippen molar-refractivity contribution in [2.75, 3.05) is 0 Å². The van der Waals surface area contributed by atoms with Gasteiger partial charge in [-0.2, -0.15) is 0 Å². The Morgan fingerprint density at radius 1 is 0.875 bits per heavy atom. The summed E-state index contributed by atoms with van der Waals surface area (Å²) in [5.41, 5.74) is -0.640. The normalized spacial score (nSPS) is 10.5. The number of hydrogen-bond donors (Lipinski definition) is 0. The Morgan fingerprint density at radius 3 is 2.38 bits per heavy atom. The van der Waals surface area contributed by atoms with Crippen LogP contribution in [0.15, 0.2) is 30.3 Å². The van der Waals surface area contributed by atoms with Gasteiger partial charge in [0.25, 0.3) is 0 Å². The molecule has 16 heavy (non-hydrogen) atoms. The number of benzene rings is 2. The van der Waals surface area contributed by atoms with E-state index in [-0.39, 0.29) is 11.1 Å². The van der Waals surface area contributed by atoms with Crippen LogP contribution in [0.1, 0.15) is 0 Å². The van der Waals surface area contributed by atoms with E-state index in [2.05, 4.69) is 0 Å². The second kappa shape index (κ2) is 3.96. The van der Waals surface area contributed by atoms with Gasteiger partial charge in [0.15, 0.2) is 11.6 Å². The summed E-state index contributed by atoms with van der Waals surface area (Å²) in [7, 11) is 0. The van der Waals surface area contributed by atoms with E-state index in [1.165, 1.54) is 0 Å². The molecule has 4 heteroatoms. The third-order valence-corrected chi connectivity index (χ3v) is 2.11. The van der Waals surface area contributed by atoms with Gasteiger partial charge in [0.05, 0.1) is 0 Å². The predicted octanol–water partition coefficient (Wildman–Crippen LogP) is 3.71. The number of halogens is 4. The van der Waals surface area contributed by atoms with Gasteiger partial charge in [0.1, 0.15) is 11.6 Å². The fraction of sp³-hybridized carbons (Fsp3) is 0. The molecule has 0 saturated carbocycles. The molecule has 81 valence electrons. The lowest BCUT2D eigenvalue weighted by atomic mass is 10.0. The molecule has 0 heterocycles. The maximum atomic E-state index is 13.3. The first-order valence-corrected chi connectivity index (χ1v) is 4.40. The molecule has 0 amide bonds. The Hall–Kier alpha value is -1.84. The molecule has 0 aliphatic carbocycles. The molecule has 0 N–H and O–H groups in total. The molecule has 2 aromatic rings. The molecule has 0 aromatic heterocycles. The first kappa shape index (κ1) is 10.7. The molecule has 0 atom stereocenters. The van der Waals surface area contributed by atoms with E-state index in [1.54, 1.807) is 0 Å². The van der Waals surface area contributed by atoms with E-state index in [4.69, 9.17) is 0 Å². The van der Waals surface area contributed by atoms with Crippen molar-refractivity contribution < 1.29 is 17.6 Å². The van der Waals surface area contributed by atoms with Crippen LogP contribution in [0.3, 0.4) is 0 Å². The van der Waals surface area contributed by atoms with Crippen LogP contribution in [-0.4, -0.2) is 0 Å². The first-order valence-electron chi connectivity index (χ1n) is 4.40. The SMILES string of the molecule is Fc1ccc(F)c(-c2cc[c]c(F)c2F)c1. The molecule has 1 radical (unpaired) electrons. The third-order valence-electron chi connectivity index (χ3n) is 2.11. The zero-order valence-electron chi connectivity index (χ0n) is 7.90. The highest BCUT2D eigenvalue weighted by Gasteiger charge is 2.14. The quantitative estimate of drug-likeness (QED) is 0.649. The second-order valence-corrected chi connectivity index (χ2v) is 3.14.